The molecule has 0 bridgehead atoms. The molecule has 6 nitrogen and oxygen atoms in total. The van der Waals surface area contributed by atoms with Gasteiger partial charge in [0.15, 0.2) is 0 Å². The van der Waals surface area contributed by atoms with Crippen LogP contribution in [0.2, 0.25) is 15.1 Å². The molecule has 0 spiro atoms. The van der Waals surface area contributed by atoms with Crippen LogP contribution < -0.4 is 16.6 Å². The number of nitrogens with one attached hydrogen (secondary N) is 2. The van der Waals surface area contributed by atoms with Crippen LogP contribution in [0.5, 0.6) is 0 Å². The van der Waals surface area contributed by atoms with E-state index in [9.17, 15) is 9.59 Å². The highest BCUT2D eigenvalue weighted by atomic mass is 35.5. The van der Waals surface area contributed by atoms with E-state index < -0.39 is 11.2 Å². The molecule has 0 saturated heterocycles. The molecular formula is C20H18Cl3N3O3. The molecule has 2 aromatic carbocycles. The number of benzene rings is 2. The summed E-state index contributed by atoms with van der Waals surface area (Å²) >= 11 is 18.3. The van der Waals surface area contributed by atoms with Crippen molar-refractivity contribution in [3.63, 3.8) is 0 Å². The lowest BCUT2D eigenvalue weighted by Gasteiger charge is -2.15. The summed E-state index contributed by atoms with van der Waals surface area (Å²) in [4.78, 5) is 26.9. The average molecular weight is 455 g/mol. The van der Waals surface area contributed by atoms with Crippen molar-refractivity contribution in [2.75, 3.05) is 5.32 Å². The first-order valence-corrected chi connectivity index (χ1v) is 9.83. The standard InChI is InChI=1S/C20H18Cl3N3O3/c1-12-15(9-24-18-16(22)7-14(21)8-17(18)23)19(27)25-20(28)26(12)11-29-10-13-5-3-2-4-6-13/h2-8,24H,9-11H2,1H3,(H,25,27,28). The summed E-state index contributed by atoms with van der Waals surface area (Å²) in [5.41, 5.74) is 1.27. The lowest BCUT2D eigenvalue weighted by Crippen LogP contribution is -2.35. The summed E-state index contributed by atoms with van der Waals surface area (Å²) in [6.07, 6.45) is 0. The van der Waals surface area contributed by atoms with E-state index in [4.69, 9.17) is 39.5 Å². The number of halogens is 3. The van der Waals surface area contributed by atoms with Crippen LogP contribution in [0, 0.1) is 6.92 Å². The van der Waals surface area contributed by atoms with Gasteiger partial charge in [0.2, 0.25) is 0 Å². The highest BCUT2D eigenvalue weighted by Gasteiger charge is 2.14. The van der Waals surface area contributed by atoms with Crippen LogP contribution in [-0.4, -0.2) is 9.55 Å². The third kappa shape index (κ3) is 5.22. The first-order chi connectivity index (χ1) is 13.9. The highest BCUT2D eigenvalue weighted by Crippen LogP contribution is 2.33. The maximum absolute atomic E-state index is 12.3. The fourth-order valence-electron chi connectivity index (χ4n) is 2.80. The SMILES string of the molecule is Cc1c(CNc2c(Cl)cc(Cl)cc2Cl)c(=O)[nH]c(=O)n1COCc1ccccc1. The largest absolute Gasteiger partial charge is 0.378 e. The molecule has 0 atom stereocenters. The van der Waals surface area contributed by atoms with Gasteiger partial charge in [-0.1, -0.05) is 65.1 Å². The first-order valence-electron chi connectivity index (χ1n) is 8.69. The van der Waals surface area contributed by atoms with E-state index in [1.165, 1.54) is 4.57 Å². The van der Waals surface area contributed by atoms with Crippen molar-refractivity contribution in [3.8, 4) is 0 Å². The molecule has 0 fully saturated rings. The summed E-state index contributed by atoms with van der Waals surface area (Å²) in [5.74, 6) is 0. The summed E-state index contributed by atoms with van der Waals surface area (Å²) in [5, 5.41) is 4.10. The number of aromatic nitrogens is 2. The minimum Gasteiger partial charge on any atom is -0.378 e. The van der Waals surface area contributed by atoms with Gasteiger partial charge in [-0.05, 0) is 24.6 Å². The smallest absolute Gasteiger partial charge is 0.330 e. The van der Waals surface area contributed by atoms with Crippen LogP contribution in [0.25, 0.3) is 0 Å². The Morgan fingerprint density at radius 1 is 1.07 bits per heavy atom. The Morgan fingerprint density at radius 3 is 2.38 bits per heavy atom. The Hall–Kier alpha value is -2.25. The number of ether oxygens (including phenoxy) is 1. The van der Waals surface area contributed by atoms with Gasteiger partial charge in [0.05, 0.1) is 27.9 Å². The number of rotatable bonds is 7. The molecule has 0 unspecified atom stereocenters. The summed E-state index contributed by atoms with van der Waals surface area (Å²) < 4.78 is 7.01. The van der Waals surface area contributed by atoms with E-state index in [1.54, 1.807) is 19.1 Å². The number of nitrogens with zero attached hydrogens (tertiary/aromatic N) is 1. The van der Waals surface area contributed by atoms with Crippen molar-refractivity contribution in [2.24, 2.45) is 0 Å². The Bertz CT molecular complexity index is 1100. The zero-order valence-electron chi connectivity index (χ0n) is 15.5. The number of hydrogen-bond acceptors (Lipinski definition) is 4. The second-order valence-corrected chi connectivity index (χ2v) is 7.56. The topological polar surface area (TPSA) is 76.1 Å². The van der Waals surface area contributed by atoms with Crippen molar-refractivity contribution < 1.29 is 4.74 Å². The van der Waals surface area contributed by atoms with Crippen LogP contribution in [0.1, 0.15) is 16.8 Å². The van der Waals surface area contributed by atoms with E-state index in [1.807, 2.05) is 30.3 Å². The van der Waals surface area contributed by atoms with Gasteiger partial charge in [0.1, 0.15) is 6.73 Å². The predicted molar refractivity (Wildman–Crippen MR) is 116 cm³/mol. The summed E-state index contributed by atoms with van der Waals surface area (Å²) in [6, 6.07) is 12.7. The zero-order chi connectivity index (χ0) is 21.0. The molecule has 3 aromatic rings. The Morgan fingerprint density at radius 2 is 1.72 bits per heavy atom. The maximum Gasteiger partial charge on any atom is 0.330 e. The number of aromatic amines is 1. The molecule has 3 rings (SSSR count). The van der Waals surface area contributed by atoms with Crippen molar-refractivity contribution in [3.05, 3.63) is 95.2 Å². The molecular weight excluding hydrogens is 437 g/mol. The van der Waals surface area contributed by atoms with Crippen LogP contribution in [-0.2, 0) is 24.6 Å². The maximum atomic E-state index is 12.3. The number of H-pyrrole nitrogens is 1. The molecule has 2 N–H and O–H groups in total. The van der Waals surface area contributed by atoms with Gasteiger partial charge in [-0.3, -0.25) is 14.3 Å². The second-order valence-electron chi connectivity index (χ2n) is 6.31. The van der Waals surface area contributed by atoms with Crippen molar-refractivity contribution >= 4 is 40.5 Å². The van der Waals surface area contributed by atoms with Gasteiger partial charge in [-0.2, -0.15) is 0 Å². The molecule has 152 valence electrons. The van der Waals surface area contributed by atoms with E-state index >= 15 is 0 Å². The van der Waals surface area contributed by atoms with Gasteiger partial charge in [-0.25, -0.2) is 4.79 Å². The molecule has 29 heavy (non-hydrogen) atoms. The minimum atomic E-state index is -0.535. The number of anilines is 1. The summed E-state index contributed by atoms with van der Waals surface area (Å²) in [6.45, 7) is 2.15. The molecule has 0 aliphatic rings. The third-order valence-corrected chi connectivity index (χ3v) is 5.18. The van der Waals surface area contributed by atoms with E-state index in [-0.39, 0.29) is 13.3 Å². The first kappa shape index (κ1) is 21.5. The number of hydrogen-bond donors (Lipinski definition) is 2. The van der Waals surface area contributed by atoms with Crippen LogP contribution in [0.3, 0.4) is 0 Å². The molecule has 1 aromatic heterocycles. The summed E-state index contributed by atoms with van der Waals surface area (Å²) in [7, 11) is 0. The van der Waals surface area contributed by atoms with Crippen LogP contribution in [0.4, 0.5) is 5.69 Å². The predicted octanol–water partition coefficient (Wildman–Crippen LogP) is 4.59. The van der Waals surface area contributed by atoms with Gasteiger partial charge >= 0.3 is 5.69 Å². The second kappa shape index (κ2) is 9.50. The Balaban J connectivity index is 1.78. The van der Waals surface area contributed by atoms with Crippen LogP contribution in [0.15, 0.2) is 52.1 Å². The quantitative estimate of drug-likeness (QED) is 0.547. The third-order valence-electron chi connectivity index (χ3n) is 4.36. The monoisotopic (exact) mass is 453 g/mol. The highest BCUT2D eigenvalue weighted by molar-refractivity contribution is 6.41. The van der Waals surface area contributed by atoms with Gasteiger partial charge in [0.25, 0.3) is 5.56 Å². The zero-order valence-corrected chi connectivity index (χ0v) is 17.7. The van der Waals surface area contributed by atoms with Gasteiger partial charge in [0, 0.05) is 17.3 Å². The van der Waals surface area contributed by atoms with Crippen LogP contribution >= 0.6 is 34.8 Å². The molecule has 1 heterocycles. The molecule has 0 radical (unpaired) electrons. The average Bonchev–Trinajstić information content (AvgIpc) is 2.66. The fourth-order valence-corrected chi connectivity index (χ4v) is 3.75. The molecule has 9 heteroatoms. The van der Waals surface area contributed by atoms with E-state index in [2.05, 4.69) is 10.3 Å². The van der Waals surface area contributed by atoms with Crippen molar-refractivity contribution in [2.45, 2.75) is 26.8 Å². The molecule has 0 saturated carbocycles. The van der Waals surface area contributed by atoms with E-state index in [0.717, 1.165) is 5.56 Å². The lowest BCUT2D eigenvalue weighted by atomic mass is 10.2. The van der Waals surface area contributed by atoms with Crippen molar-refractivity contribution in [1.29, 1.82) is 0 Å². The molecule has 0 amide bonds. The van der Waals surface area contributed by atoms with Gasteiger partial charge in [-0.15, -0.1) is 0 Å². The van der Waals surface area contributed by atoms with Crippen molar-refractivity contribution in [1.82, 2.24) is 9.55 Å². The Kier molecular flexibility index (Phi) is 7.03. The van der Waals surface area contributed by atoms with E-state index in [0.29, 0.717) is 38.6 Å². The molecule has 0 aliphatic heterocycles. The lowest BCUT2D eigenvalue weighted by molar-refractivity contribution is 0.0593. The fraction of sp³-hybridized carbons (Fsp3) is 0.200. The molecule has 0 aliphatic carbocycles. The Labute approximate surface area is 182 Å². The minimum absolute atomic E-state index is 0.00575. The van der Waals surface area contributed by atoms with Gasteiger partial charge < -0.3 is 10.1 Å². The normalized spacial score (nSPS) is 10.9.